The van der Waals surface area contributed by atoms with Gasteiger partial charge in [0.05, 0.1) is 5.69 Å². The number of nitrogens with zero attached hydrogens (tertiary/aromatic N) is 2. The molecule has 15 heavy (non-hydrogen) atoms. The molecule has 1 fully saturated rings. The van der Waals surface area contributed by atoms with Crippen molar-refractivity contribution in [2.75, 3.05) is 0 Å². The van der Waals surface area contributed by atoms with Crippen molar-refractivity contribution in [3.63, 3.8) is 0 Å². The molecule has 0 radical (unpaired) electrons. The van der Waals surface area contributed by atoms with E-state index < -0.39 is 0 Å². The fraction of sp³-hybridized carbons (Fsp3) is 0.333. The Morgan fingerprint density at radius 3 is 2.87 bits per heavy atom. The van der Waals surface area contributed by atoms with Gasteiger partial charge in [-0.3, -0.25) is 4.79 Å². The minimum Gasteiger partial charge on any atom is -0.306 e. The molecule has 3 rings (SSSR count). The van der Waals surface area contributed by atoms with Gasteiger partial charge in [0.2, 0.25) is 0 Å². The van der Waals surface area contributed by atoms with Crippen molar-refractivity contribution < 1.29 is 4.79 Å². The number of carbonyl (C=O) groups excluding carboxylic acids is 1. The average molecular weight is 200 g/mol. The number of fused-ring (bicyclic) bond motifs is 1. The Kier molecular flexibility index (Phi) is 1.69. The van der Waals surface area contributed by atoms with Crippen LogP contribution >= 0.6 is 0 Å². The third-order valence-corrected chi connectivity index (χ3v) is 2.87. The first-order valence-corrected chi connectivity index (χ1v) is 5.23. The van der Waals surface area contributed by atoms with Crippen LogP contribution in [0.15, 0.2) is 24.5 Å². The van der Waals surface area contributed by atoms with Crippen LogP contribution in [0.5, 0.6) is 0 Å². The maximum absolute atomic E-state index is 11.2. The van der Waals surface area contributed by atoms with Crippen LogP contribution in [0.4, 0.5) is 0 Å². The van der Waals surface area contributed by atoms with Crippen LogP contribution in [0.1, 0.15) is 41.7 Å². The monoisotopic (exact) mass is 200 g/mol. The first-order valence-electron chi connectivity index (χ1n) is 5.23. The molecule has 0 saturated heterocycles. The van der Waals surface area contributed by atoms with Gasteiger partial charge in [-0.25, -0.2) is 4.98 Å². The summed E-state index contributed by atoms with van der Waals surface area (Å²) < 4.78 is 1.95. The van der Waals surface area contributed by atoms with E-state index in [0.717, 1.165) is 16.9 Å². The molecule has 76 valence electrons. The summed E-state index contributed by atoms with van der Waals surface area (Å²) in [5, 5.41) is 0. The van der Waals surface area contributed by atoms with Crippen molar-refractivity contribution in [1.82, 2.24) is 9.38 Å². The van der Waals surface area contributed by atoms with Gasteiger partial charge in [-0.1, -0.05) is 0 Å². The van der Waals surface area contributed by atoms with Gasteiger partial charge in [0.15, 0.2) is 5.78 Å². The van der Waals surface area contributed by atoms with E-state index in [2.05, 4.69) is 4.98 Å². The molecule has 0 aliphatic heterocycles. The van der Waals surface area contributed by atoms with Gasteiger partial charge in [-0.05, 0) is 31.9 Å². The summed E-state index contributed by atoms with van der Waals surface area (Å²) >= 11 is 0. The topological polar surface area (TPSA) is 34.4 Å². The predicted molar refractivity (Wildman–Crippen MR) is 57.2 cm³/mol. The highest BCUT2D eigenvalue weighted by atomic mass is 16.1. The standard InChI is InChI=1S/C12H12N2O/c1-8(15)10-4-5-12-13-11(9-2-3-9)7-14(12)6-10/h4-7,9H,2-3H2,1H3. The average Bonchev–Trinajstić information content (AvgIpc) is 2.97. The summed E-state index contributed by atoms with van der Waals surface area (Å²) in [6.07, 6.45) is 6.41. The van der Waals surface area contributed by atoms with Crippen molar-refractivity contribution in [3.8, 4) is 0 Å². The molecular formula is C12H12N2O. The van der Waals surface area contributed by atoms with Gasteiger partial charge in [-0.2, -0.15) is 0 Å². The SMILES string of the molecule is CC(=O)c1ccc2nc(C3CC3)cn2c1. The Balaban J connectivity index is 2.13. The molecule has 1 aliphatic rings. The second-order valence-corrected chi connectivity index (χ2v) is 4.18. The van der Waals surface area contributed by atoms with Crippen molar-refractivity contribution in [2.24, 2.45) is 0 Å². The Bertz CT molecular complexity index is 538. The number of rotatable bonds is 2. The Morgan fingerprint density at radius 1 is 1.40 bits per heavy atom. The van der Waals surface area contributed by atoms with E-state index in [4.69, 9.17) is 0 Å². The number of carbonyl (C=O) groups is 1. The van der Waals surface area contributed by atoms with Crippen LogP contribution in [0.3, 0.4) is 0 Å². The Labute approximate surface area is 87.7 Å². The third kappa shape index (κ3) is 1.44. The van der Waals surface area contributed by atoms with Gasteiger partial charge in [0.25, 0.3) is 0 Å². The van der Waals surface area contributed by atoms with Crippen LogP contribution in [0.2, 0.25) is 0 Å². The Hall–Kier alpha value is -1.64. The largest absolute Gasteiger partial charge is 0.306 e. The second-order valence-electron chi connectivity index (χ2n) is 4.18. The van der Waals surface area contributed by atoms with Crippen LogP contribution < -0.4 is 0 Å². The van der Waals surface area contributed by atoms with Crippen LogP contribution in [0, 0.1) is 0 Å². The summed E-state index contributed by atoms with van der Waals surface area (Å²) in [6.45, 7) is 1.58. The third-order valence-electron chi connectivity index (χ3n) is 2.87. The predicted octanol–water partition coefficient (Wildman–Crippen LogP) is 2.41. The maximum Gasteiger partial charge on any atom is 0.161 e. The van der Waals surface area contributed by atoms with Crippen molar-refractivity contribution in [1.29, 1.82) is 0 Å². The quantitative estimate of drug-likeness (QED) is 0.698. The van der Waals surface area contributed by atoms with Crippen LogP contribution in [0.25, 0.3) is 5.65 Å². The molecule has 2 heterocycles. The molecule has 1 aliphatic carbocycles. The first kappa shape index (κ1) is 8.65. The van der Waals surface area contributed by atoms with E-state index in [0.29, 0.717) is 5.92 Å². The molecule has 2 aromatic rings. The highest BCUT2D eigenvalue weighted by molar-refractivity contribution is 5.94. The van der Waals surface area contributed by atoms with Gasteiger partial charge in [-0.15, -0.1) is 0 Å². The molecule has 0 spiro atoms. The van der Waals surface area contributed by atoms with E-state index in [9.17, 15) is 4.79 Å². The number of ketones is 1. The van der Waals surface area contributed by atoms with E-state index in [-0.39, 0.29) is 5.78 Å². The fourth-order valence-electron chi connectivity index (χ4n) is 1.80. The zero-order chi connectivity index (χ0) is 10.4. The molecule has 0 unspecified atom stereocenters. The summed E-state index contributed by atoms with van der Waals surface area (Å²) in [4.78, 5) is 15.7. The molecule has 0 N–H and O–H groups in total. The highest BCUT2D eigenvalue weighted by Crippen LogP contribution is 2.39. The van der Waals surface area contributed by atoms with Gasteiger partial charge >= 0.3 is 0 Å². The maximum atomic E-state index is 11.2. The lowest BCUT2D eigenvalue weighted by molar-refractivity contribution is 0.101. The van der Waals surface area contributed by atoms with E-state index in [1.54, 1.807) is 6.92 Å². The zero-order valence-corrected chi connectivity index (χ0v) is 8.60. The lowest BCUT2D eigenvalue weighted by atomic mass is 10.2. The molecule has 0 bridgehead atoms. The number of imidazole rings is 1. The number of pyridine rings is 1. The molecule has 1 saturated carbocycles. The molecule has 0 amide bonds. The summed E-state index contributed by atoms with van der Waals surface area (Å²) in [5.74, 6) is 0.754. The molecular weight excluding hydrogens is 188 g/mol. The minimum absolute atomic E-state index is 0.0959. The van der Waals surface area contributed by atoms with Crippen molar-refractivity contribution in [3.05, 3.63) is 35.8 Å². The van der Waals surface area contributed by atoms with Crippen LogP contribution in [-0.4, -0.2) is 15.2 Å². The highest BCUT2D eigenvalue weighted by Gasteiger charge is 2.26. The van der Waals surface area contributed by atoms with E-state index in [1.165, 1.54) is 12.8 Å². The first-order chi connectivity index (χ1) is 7.24. The summed E-state index contributed by atoms with van der Waals surface area (Å²) in [6, 6.07) is 3.74. The van der Waals surface area contributed by atoms with E-state index >= 15 is 0 Å². The minimum atomic E-state index is 0.0959. The smallest absolute Gasteiger partial charge is 0.161 e. The summed E-state index contributed by atoms with van der Waals surface area (Å²) in [5.41, 5.74) is 2.83. The van der Waals surface area contributed by atoms with E-state index in [1.807, 2.05) is 28.9 Å². The molecule has 2 aromatic heterocycles. The molecule has 3 nitrogen and oxygen atoms in total. The molecule has 0 aromatic carbocycles. The number of Topliss-reactive ketones (excluding diaryl/α,β-unsaturated/α-hetero) is 1. The van der Waals surface area contributed by atoms with Crippen molar-refractivity contribution in [2.45, 2.75) is 25.7 Å². The number of hydrogen-bond acceptors (Lipinski definition) is 2. The van der Waals surface area contributed by atoms with Crippen molar-refractivity contribution >= 4 is 11.4 Å². The van der Waals surface area contributed by atoms with Gasteiger partial charge < -0.3 is 4.40 Å². The number of hydrogen-bond donors (Lipinski definition) is 0. The number of aromatic nitrogens is 2. The molecule has 0 atom stereocenters. The lowest BCUT2D eigenvalue weighted by Gasteiger charge is -1.96. The summed E-state index contributed by atoms with van der Waals surface area (Å²) in [7, 11) is 0. The van der Waals surface area contributed by atoms with Gasteiger partial charge in [0.1, 0.15) is 5.65 Å². The Morgan fingerprint density at radius 2 is 2.20 bits per heavy atom. The van der Waals surface area contributed by atoms with Gasteiger partial charge in [0, 0.05) is 23.9 Å². The fourth-order valence-corrected chi connectivity index (χ4v) is 1.80. The molecule has 3 heteroatoms. The van der Waals surface area contributed by atoms with Crippen LogP contribution in [-0.2, 0) is 0 Å². The second kappa shape index (κ2) is 2.92. The lowest BCUT2D eigenvalue weighted by Crippen LogP contribution is -1.94. The normalized spacial score (nSPS) is 15.8. The zero-order valence-electron chi connectivity index (χ0n) is 8.60.